The van der Waals surface area contributed by atoms with Gasteiger partial charge in [0.25, 0.3) is 0 Å². The Hall–Kier alpha value is -0.810. The number of nitrogens with zero attached hydrogens (tertiary/aromatic N) is 2. The van der Waals surface area contributed by atoms with Crippen LogP contribution in [0.2, 0.25) is 0 Å². The fraction of sp³-hybridized carbons (Fsp3) is 0.429. The maximum atomic E-state index is 11.0. The van der Waals surface area contributed by atoms with Crippen molar-refractivity contribution in [3.8, 4) is 0 Å². The van der Waals surface area contributed by atoms with Crippen LogP contribution >= 0.6 is 0 Å². The first-order valence-electron chi connectivity index (χ1n) is 3.54. The molecule has 1 atom stereocenters. The molecule has 0 saturated carbocycles. The van der Waals surface area contributed by atoms with Crippen molar-refractivity contribution in [3.63, 3.8) is 0 Å². The van der Waals surface area contributed by atoms with Crippen molar-refractivity contribution in [2.45, 2.75) is 11.7 Å². The number of rotatable bonds is 3. The Kier molecular flexibility index (Phi) is 3.31. The summed E-state index contributed by atoms with van der Waals surface area (Å²) in [7, 11) is 0.745. The number of aromatic nitrogens is 2. The van der Waals surface area contributed by atoms with Gasteiger partial charge in [-0.2, -0.15) is 0 Å². The molecule has 0 saturated heterocycles. The van der Waals surface area contributed by atoms with Gasteiger partial charge in [-0.3, -0.25) is 4.21 Å². The number of nitrogens with one attached hydrogen (secondary N) is 1. The summed E-state index contributed by atoms with van der Waals surface area (Å²) in [6, 6.07) is 1.80. The summed E-state index contributed by atoms with van der Waals surface area (Å²) in [5, 5.41) is 3.35. The zero-order chi connectivity index (χ0) is 8.97. The zero-order valence-electron chi connectivity index (χ0n) is 7.07. The van der Waals surface area contributed by atoms with E-state index in [9.17, 15) is 4.21 Å². The second-order valence-corrected chi connectivity index (χ2v) is 3.59. The molecule has 5 heteroatoms. The molecule has 1 aromatic rings. The minimum Gasteiger partial charge on any atom is -0.314 e. The van der Waals surface area contributed by atoms with Crippen molar-refractivity contribution in [2.75, 3.05) is 13.3 Å². The van der Waals surface area contributed by atoms with Crippen LogP contribution in [0.4, 0.5) is 0 Å². The van der Waals surface area contributed by atoms with E-state index in [1.807, 2.05) is 7.05 Å². The molecule has 0 aliphatic rings. The van der Waals surface area contributed by atoms with E-state index in [1.165, 1.54) is 0 Å². The van der Waals surface area contributed by atoms with Gasteiger partial charge in [-0.15, -0.1) is 0 Å². The van der Waals surface area contributed by atoms with Gasteiger partial charge in [0.2, 0.25) is 5.16 Å². The normalized spacial score (nSPS) is 12.8. The smallest absolute Gasteiger partial charge is 0.218 e. The standard InChI is InChI=1S/C7H11N3OS/c1-8-5-6-3-4-9-7(10-6)12(2)11/h3-4,8H,5H2,1-2H3. The van der Waals surface area contributed by atoms with Crippen LogP contribution in [0.25, 0.3) is 0 Å². The predicted octanol–water partition coefficient (Wildman–Crippen LogP) is -0.0666. The molecular weight excluding hydrogens is 174 g/mol. The summed E-state index contributed by atoms with van der Waals surface area (Å²) >= 11 is 0. The largest absolute Gasteiger partial charge is 0.314 e. The van der Waals surface area contributed by atoms with Gasteiger partial charge in [-0.1, -0.05) is 0 Å². The first-order chi connectivity index (χ1) is 5.74. The average Bonchev–Trinajstić information content (AvgIpc) is 2.05. The van der Waals surface area contributed by atoms with Gasteiger partial charge in [0.05, 0.1) is 16.5 Å². The topological polar surface area (TPSA) is 54.9 Å². The third kappa shape index (κ3) is 2.35. The van der Waals surface area contributed by atoms with E-state index in [4.69, 9.17) is 0 Å². The predicted molar refractivity (Wildman–Crippen MR) is 47.1 cm³/mol. The molecule has 1 unspecified atom stereocenters. The Morgan fingerprint density at radius 2 is 2.42 bits per heavy atom. The Morgan fingerprint density at radius 1 is 1.67 bits per heavy atom. The molecule has 1 heterocycles. The molecule has 12 heavy (non-hydrogen) atoms. The van der Waals surface area contributed by atoms with E-state index >= 15 is 0 Å². The molecule has 66 valence electrons. The van der Waals surface area contributed by atoms with Crippen molar-refractivity contribution in [1.29, 1.82) is 0 Å². The van der Waals surface area contributed by atoms with E-state index in [0.717, 1.165) is 5.69 Å². The van der Waals surface area contributed by atoms with Gasteiger partial charge in [0, 0.05) is 19.0 Å². The molecule has 0 radical (unpaired) electrons. The van der Waals surface area contributed by atoms with E-state index < -0.39 is 10.8 Å². The highest BCUT2D eigenvalue weighted by molar-refractivity contribution is 7.84. The summed E-state index contributed by atoms with van der Waals surface area (Å²) in [6.07, 6.45) is 3.19. The molecular formula is C7H11N3OS. The molecule has 1 aromatic heterocycles. The van der Waals surface area contributed by atoms with Crippen LogP contribution in [0.15, 0.2) is 17.4 Å². The second-order valence-electron chi connectivity index (χ2n) is 2.32. The van der Waals surface area contributed by atoms with E-state index in [1.54, 1.807) is 18.5 Å². The highest BCUT2D eigenvalue weighted by Crippen LogP contribution is 1.98. The van der Waals surface area contributed by atoms with Crippen LogP contribution < -0.4 is 5.32 Å². The van der Waals surface area contributed by atoms with Crippen molar-refractivity contribution < 1.29 is 4.21 Å². The van der Waals surface area contributed by atoms with Crippen LogP contribution in [0, 0.1) is 0 Å². The van der Waals surface area contributed by atoms with E-state index in [-0.39, 0.29) is 0 Å². The van der Waals surface area contributed by atoms with Crippen LogP contribution in [0.5, 0.6) is 0 Å². The van der Waals surface area contributed by atoms with Crippen LogP contribution in [-0.4, -0.2) is 27.5 Å². The van der Waals surface area contributed by atoms with Crippen LogP contribution in [0.1, 0.15) is 5.69 Å². The van der Waals surface area contributed by atoms with Crippen molar-refractivity contribution >= 4 is 10.8 Å². The van der Waals surface area contributed by atoms with Gasteiger partial charge in [0.1, 0.15) is 0 Å². The fourth-order valence-electron chi connectivity index (χ4n) is 0.794. The van der Waals surface area contributed by atoms with E-state index in [2.05, 4.69) is 15.3 Å². The summed E-state index contributed by atoms with van der Waals surface area (Å²) in [4.78, 5) is 7.97. The first-order valence-corrected chi connectivity index (χ1v) is 5.10. The van der Waals surface area contributed by atoms with Crippen molar-refractivity contribution in [3.05, 3.63) is 18.0 Å². The molecule has 1 N–H and O–H groups in total. The van der Waals surface area contributed by atoms with E-state index in [0.29, 0.717) is 11.7 Å². The van der Waals surface area contributed by atoms with Crippen LogP contribution in [0.3, 0.4) is 0 Å². The molecule has 0 bridgehead atoms. The molecule has 0 amide bonds. The second kappa shape index (κ2) is 4.27. The Labute approximate surface area is 73.9 Å². The van der Waals surface area contributed by atoms with Gasteiger partial charge >= 0.3 is 0 Å². The highest BCUT2D eigenvalue weighted by Gasteiger charge is 2.01. The molecule has 0 fully saturated rings. The lowest BCUT2D eigenvalue weighted by Gasteiger charge is -1.99. The third-order valence-electron chi connectivity index (χ3n) is 1.31. The fourth-order valence-corrected chi connectivity index (χ4v) is 1.25. The Bertz CT molecular complexity index is 290. The van der Waals surface area contributed by atoms with Gasteiger partial charge in [-0.25, -0.2) is 9.97 Å². The van der Waals surface area contributed by atoms with Gasteiger partial charge in [-0.05, 0) is 13.1 Å². The lowest BCUT2D eigenvalue weighted by Crippen LogP contribution is -2.09. The Morgan fingerprint density at radius 3 is 3.00 bits per heavy atom. The lowest BCUT2D eigenvalue weighted by molar-refractivity contribution is 0.676. The third-order valence-corrected chi connectivity index (χ3v) is 2.02. The maximum absolute atomic E-state index is 11.0. The summed E-state index contributed by atoms with van der Waals surface area (Å²) in [5.74, 6) is 0. The van der Waals surface area contributed by atoms with Gasteiger partial charge < -0.3 is 5.32 Å². The molecule has 0 spiro atoms. The first kappa shape index (κ1) is 9.28. The molecule has 4 nitrogen and oxygen atoms in total. The molecule has 0 aromatic carbocycles. The zero-order valence-corrected chi connectivity index (χ0v) is 7.89. The molecule has 0 aliphatic carbocycles. The lowest BCUT2D eigenvalue weighted by atomic mass is 10.4. The summed E-state index contributed by atoms with van der Waals surface area (Å²) in [6.45, 7) is 0.673. The van der Waals surface area contributed by atoms with Crippen molar-refractivity contribution in [1.82, 2.24) is 15.3 Å². The molecule has 0 aliphatic heterocycles. The SMILES string of the molecule is CNCc1ccnc(S(C)=O)n1. The summed E-state index contributed by atoms with van der Waals surface area (Å²) < 4.78 is 11.0. The maximum Gasteiger partial charge on any atom is 0.218 e. The minimum atomic E-state index is -1.09. The molecule has 1 rings (SSSR count). The quantitative estimate of drug-likeness (QED) is 0.670. The number of hydrogen-bond acceptors (Lipinski definition) is 4. The monoisotopic (exact) mass is 185 g/mol. The Balaban J connectivity index is 2.88. The van der Waals surface area contributed by atoms with Crippen LogP contribution in [-0.2, 0) is 17.3 Å². The highest BCUT2D eigenvalue weighted by atomic mass is 32.2. The average molecular weight is 185 g/mol. The van der Waals surface area contributed by atoms with Crippen molar-refractivity contribution in [2.24, 2.45) is 0 Å². The number of hydrogen-bond donors (Lipinski definition) is 1. The summed E-state index contributed by atoms with van der Waals surface area (Å²) in [5.41, 5.74) is 0.859. The minimum absolute atomic E-state index is 0.391. The van der Waals surface area contributed by atoms with Gasteiger partial charge in [0.15, 0.2) is 0 Å².